The standard InChI is InChI=1S/C11H15NO3/c1-8(14)12-10(7-13)6-9-2-4-11(15)5-3-9/h2-5,10,13,15H,6-7H2,1H3,(H,12,14)/t10-/m0/s1. The van der Waals surface area contributed by atoms with Crippen LogP contribution in [0.5, 0.6) is 5.75 Å². The molecule has 1 aromatic carbocycles. The smallest absolute Gasteiger partial charge is 0.217 e. The lowest BCUT2D eigenvalue weighted by Crippen LogP contribution is -2.37. The zero-order valence-corrected chi connectivity index (χ0v) is 8.60. The SMILES string of the molecule is CC(=O)N[C@H](CO)Cc1ccc(O)cc1. The van der Waals surface area contributed by atoms with E-state index in [1.54, 1.807) is 24.3 Å². The van der Waals surface area contributed by atoms with Crippen LogP contribution < -0.4 is 5.32 Å². The van der Waals surface area contributed by atoms with Crippen molar-refractivity contribution in [1.29, 1.82) is 0 Å². The number of carbonyl (C=O) groups is 1. The molecular weight excluding hydrogens is 194 g/mol. The highest BCUT2D eigenvalue weighted by Gasteiger charge is 2.09. The summed E-state index contributed by atoms with van der Waals surface area (Å²) in [5, 5.41) is 20.7. The highest BCUT2D eigenvalue weighted by Crippen LogP contribution is 2.11. The van der Waals surface area contributed by atoms with Crippen LogP contribution in [0.1, 0.15) is 12.5 Å². The number of aliphatic hydroxyl groups is 1. The maximum absolute atomic E-state index is 10.8. The molecule has 4 heteroatoms. The van der Waals surface area contributed by atoms with E-state index in [2.05, 4.69) is 5.32 Å². The molecule has 1 rings (SSSR count). The molecule has 1 amide bonds. The number of benzene rings is 1. The zero-order valence-electron chi connectivity index (χ0n) is 8.60. The number of carbonyl (C=O) groups excluding carboxylic acids is 1. The maximum Gasteiger partial charge on any atom is 0.217 e. The molecule has 3 N–H and O–H groups in total. The number of aliphatic hydroxyl groups excluding tert-OH is 1. The highest BCUT2D eigenvalue weighted by molar-refractivity contribution is 5.73. The van der Waals surface area contributed by atoms with Gasteiger partial charge in [0.15, 0.2) is 0 Å². The Hall–Kier alpha value is -1.55. The second kappa shape index (κ2) is 5.36. The molecule has 0 aliphatic carbocycles. The first-order valence-corrected chi connectivity index (χ1v) is 4.77. The number of amides is 1. The van der Waals surface area contributed by atoms with E-state index in [1.165, 1.54) is 6.92 Å². The quantitative estimate of drug-likeness (QED) is 0.673. The Kier molecular flexibility index (Phi) is 4.12. The van der Waals surface area contributed by atoms with E-state index in [9.17, 15) is 4.79 Å². The lowest BCUT2D eigenvalue weighted by Gasteiger charge is -2.14. The highest BCUT2D eigenvalue weighted by atomic mass is 16.3. The topological polar surface area (TPSA) is 69.6 Å². The van der Waals surface area contributed by atoms with E-state index >= 15 is 0 Å². The maximum atomic E-state index is 10.8. The predicted octanol–water partition coefficient (Wildman–Crippen LogP) is 0.432. The van der Waals surface area contributed by atoms with Crippen molar-refractivity contribution in [3.8, 4) is 5.75 Å². The third kappa shape index (κ3) is 3.99. The van der Waals surface area contributed by atoms with Crippen LogP contribution in [-0.2, 0) is 11.2 Å². The molecule has 0 spiro atoms. The predicted molar refractivity (Wildman–Crippen MR) is 56.5 cm³/mol. The molecule has 4 nitrogen and oxygen atoms in total. The van der Waals surface area contributed by atoms with Gasteiger partial charge in [0.2, 0.25) is 5.91 Å². The van der Waals surface area contributed by atoms with Gasteiger partial charge in [0.05, 0.1) is 12.6 Å². The van der Waals surface area contributed by atoms with Crippen molar-refractivity contribution in [1.82, 2.24) is 5.32 Å². The van der Waals surface area contributed by atoms with Crippen molar-refractivity contribution in [3.63, 3.8) is 0 Å². The Labute approximate surface area is 88.6 Å². The van der Waals surface area contributed by atoms with E-state index in [4.69, 9.17) is 10.2 Å². The number of aromatic hydroxyl groups is 1. The van der Waals surface area contributed by atoms with Crippen LogP contribution >= 0.6 is 0 Å². The van der Waals surface area contributed by atoms with Gasteiger partial charge < -0.3 is 15.5 Å². The molecule has 1 aromatic rings. The summed E-state index contributed by atoms with van der Waals surface area (Å²) in [5.41, 5.74) is 0.959. The molecule has 0 fully saturated rings. The molecule has 0 aromatic heterocycles. The van der Waals surface area contributed by atoms with Gasteiger partial charge in [-0.05, 0) is 24.1 Å². The first-order chi connectivity index (χ1) is 7.11. The van der Waals surface area contributed by atoms with Gasteiger partial charge in [-0.25, -0.2) is 0 Å². The van der Waals surface area contributed by atoms with E-state index in [1.807, 2.05) is 0 Å². The molecule has 82 valence electrons. The largest absolute Gasteiger partial charge is 0.508 e. The number of hydrogen-bond donors (Lipinski definition) is 3. The minimum absolute atomic E-state index is 0.0968. The number of rotatable bonds is 4. The Morgan fingerprint density at radius 1 is 1.40 bits per heavy atom. The Bertz CT molecular complexity index is 321. The Morgan fingerprint density at radius 3 is 2.47 bits per heavy atom. The van der Waals surface area contributed by atoms with Crippen LogP contribution in [0.4, 0.5) is 0 Å². The number of phenols is 1. The van der Waals surface area contributed by atoms with Crippen LogP contribution in [0.15, 0.2) is 24.3 Å². The molecule has 0 bridgehead atoms. The van der Waals surface area contributed by atoms with E-state index in [0.29, 0.717) is 6.42 Å². The lowest BCUT2D eigenvalue weighted by molar-refractivity contribution is -0.119. The van der Waals surface area contributed by atoms with Gasteiger partial charge in [0, 0.05) is 6.92 Å². The molecular formula is C11H15NO3. The summed E-state index contributed by atoms with van der Waals surface area (Å²) in [6, 6.07) is 6.42. The fraction of sp³-hybridized carbons (Fsp3) is 0.364. The summed E-state index contributed by atoms with van der Waals surface area (Å²) < 4.78 is 0. The molecule has 1 atom stereocenters. The van der Waals surface area contributed by atoms with Crippen LogP contribution in [-0.4, -0.2) is 28.8 Å². The minimum atomic E-state index is -0.271. The molecule has 0 saturated carbocycles. The van der Waals surface area contributed by atoms with Crippen molar-refractivity contribution in [3.05, 3.63) is 29.8 Å². The first kappa shape index (κ1) is 11.5. The van der Waals surface area contributed by atoms with Crippen molar-refractivity contribution in [2.24, 2.45) is 0 Å². The number of nitrogens with one attached hydrogen (secondary N) is 1. The van der Waals surface area contributed by atoms with E-state index < -0.39 is 0 Å². The molecule has 0 radical (unpaired) electrons. The summed E-state index contributed by atoms with van der Waals surface area (Å²) in [7, 11) is 0. The van der Waals surface area contributed by atoms with Gasteiger partial charge in [-0.1, -0.05) is 12.1 Å². The van der Waals surface area contributed by atoms with Crippen LogP contribution in [0, 0.1) is 0 Å². The number of hydrogen-bond acceptors (Lipinski definition) is 3. The fourth-order valence-corrected chi connectivity index (χ4v) is 1.37. The molecule has 0 aliphatic rings. The van der Waals surface area contributed by atoms with E-state index in [-0.39, 0.29) is 24.3 Å². The van der Waals surface area contributed by atoms with Gasteiger partial charge >= 0.3 is 0 Å². The normalized spacial score (nSPS) is 12.1. The number of phenolic OH excluding ortho intramolecular Hbond substituents is 1. The van der Waals surface area contributed by atoms with Gasteiger partial charge in [-0.15, -0.1) is 0 Å². The second-order valence-electron chi connectivity index (χ2n) is 3.45. The summed E-state index contributed by atoms with van der Waals surface area (Å²) >= 11 is 0. The van der Waals surface area contributed by atoms with Gasteiger partial charge in [-0.2, -0.15) is 0 Å². The molecule has 0 saturated heterocycles. The molecule has 15 heavy (non-hydrogen) atoms. The first-order valence-electron chi connectivity index (χ1n) is 4.77. The summed E-state index contributed by atoms with van der Waals surface area (Å²) in [5.74, 6) is 0.0478. The second-order valence-corrected chi connectivity index (χ2v) is 3.45. The average Bonchev–Trinajstić information content (AvgIpc) is 2.19. The van der Waals surface area contributed by atoms with Crippen molar-refractivity contribution >= 4 is 5.91 Å². The third-order valence-corrected chi connectivity index (χ3v) is 2.05. The van der Waals surface area contributed by atoms with Crippen molar-refractivity contribution < 1.29 is 15.0 Å². The zero-order chi connectivity index (χ0) is 11.3. The fourth-order valence-electron chi connectivity index (χ4n) is 1.37. The molecule has 0 aliphatic heterocycles. The average molecular weight is 209 g/mol. The monoisotopic (exact) mass is 209 g/mol. The Balaban J connectivity index is 2.58. The molecule has 0 heterocycles. The van der Waals surface area contributed by atoms with Crippen molar-refractivity contribution in [2.75, 3.05) is 6.61 Å². The summed E-state index contributed by atoms with van der Waals surface area (Å²) in [6.07, 6.45) is 0.552. The Morgan fingerprint density at radius 2 is 2.00 bits per heavy atom. The van der Waals surface area contributed by atoms with Crippen LogP contribution in [0.2, 0.25) is 0 Å². The summed E-state index contributed by atoms with van der Waals surface area (Å²) in [6.45, 7) is 1.32. The van der Waals surface area contributed by atoms with Gasteiger partial charge in [0.25, 0.3) is 0 Å². The van der Waals surface area contributed by atoms with Crippen molar-refractivity contribution in [2.45, 2.75) is 19.4 Å². The van der Waals surface area contributed by atoms with Gasteiger partial charge in [0.1, 0.15) is 5.75 Å². The van der Waals surface area contributed by atoms with E-state index in [0.717, 1.165) is 5.56 Å². The summed E-state index contributed by atoms with van der Waals surface area (Å²) in [4.78, 5) is 10.8. The van der Waals surface area contributed by atoms with Crippen LogP contribution in [0.25, 0.3) is 0 Å². The van der Waals surface area contributed by atoms with Gasteiger partial charge in [-0.3, -0.25) is 4.79 Å². The lowest BCUT2D eigenvalue weighted by atomic mass is 10.1. The molecule has 0 unspecified atom stereocenters. The van der Waals surface area contributed by atoms with Crippen LogP contribution in [0.3, 0.4) is 0 Å². The third-order valence-electron chi connectivity index (χ3n) is 2.05. The minimum Gasteiger partial charge on any atom is -0.508 e.